The molecular weight excluding hydrogens is 455 g/mol. The summed E-state index contributed by atoms with van der Waals surface area (Å²) < 4.78 is 42.0. The number of H-pyrrole nitrogens is 1. The Morgan fingerprint density at radius 1 is 1.03 bits per heavy atom. The van der Waals surface area contributed by atoms with Crippen LogP contribution >= 0.6 is 0 Å². The summed E-state index contributed by atoms with van der Waals surface area (Å²) in [5.41, 5.74) is 4.31. The molecule has 3 aromatic carbocycles. The third-order valence-corrected chi connectivity index (χ3v) is 4.92. The summed E-state index contributed by atoms with van der Waals surface area (Å²) in [7, 11) is 0. The van der Waals surface area contributed by atoms with E-state index in [-0.39, 0.29) is 45.0 Å². The highest BCUT2D eigenvalue weighted by molar-refractivity contribution is 6.03. The second kappa shape index (κ2) is 8.61. The fourth-order valence-corrected chi connectivity index (χ4v) is 3.61. The van der Waals surface area contributed by atoms with Crippen LogP contribution < -0.4 is 11.1 Å². The van der Waals surface area contributed by atoms with Gasteiger partial charge in [0.2, 0.25) is 0 Å². The van der Waals surface area contributed by atoms with Crippen LogP contribution in [0.4, 0.5) is 29.3 Å². The molecular formula is C21H14F3N7O3. The number of nitro groups is 1. The summed E-state index contributed by atoms with van der Waals surface area (Å²) in [6.07, 6.45) is -4.74. The highest BCUT2D eigenvalue weighted by Crippen LogP contribution is 2.47. The predicted octanol–water partition coefficient (Wildman–Crippen LogP) is 4.62. The van der Waals surface area contributed by atoms with Gasteiger partial charge in [0, 0.05) is 17.7 Å². The number of halogens is 3. The lowest BCUT2D eigenvalue weighted by Crippen LogP contribution is -2.20. The number of nitrogens with two attached hydrogens (primary N) is 1. The molecule has 0 saturated carbocycles. The van der Waals surface area contributed by atoms with Gasteiger partial charge in [0.25, 0.3) is 5.69 Å². The third kappa shape index (κ3) is 4.26. The molecule has 4 N–H and O–H groups in total. The van der Waals surface area contributed by atoms with Gasteiger partial charge >= 0.3 is 12.2 Å². The Bertz CT molecular complexity index is 1390. The first-order chi connectivity index (χ1) is 16.2. The smallest absolute Gasteiger partial charge is 0.351 e. The van der Waals surface area contributed by atoms with E-state index in [2.05, 4.69) is 25.9 Å². The average molecular weight is 469 g/mol. The third-order valence-electron chi connectivity index (χ3n) is 4.92. The number of urea groups is 1. The molecule has 4 rings (SSSR count). The van der Waals surface area contributed by atoms with Crippen LogP contribution in [0.5, 0.6) is 0 Å². The van der Waals surface area contributed by atoms with E-state index in [1.165, 1.54) is 54.6 Å². The van der Waals surface area contributed by atoms with Crippen molar-refractivity contribution in [3.05, 3.63) is 76.3 Å². The number of rotatable bonds is 5. The SMILES string of the molecule is NC(=O)Nc1ccc(-c2cccc([N+](=O)[O-])c2)c(-c2ccccc2C(F)(F)F)c1-c1nnn[nH]1. The van der Waals surface area contributed by atoms with Crippen molar-refractivity contribution < 1.29 is 22.9 Å². The number of non-ortho nitro benzene ring substituents is 1. The lowest BCUT2D eigenvalue weighted by atomic mass is 9.86. The fraction of sp³-hybridized carbons (Fsp3) is 0.0476. The van der Waals surface area contributed by atoms with Crippen molar-refractivity contribution in [1.29, 1.82) is 0 Å². The molecule has 34 heavy (non-hydrogen) atoms. The summed E-state index contributed by atoms with van der Waals surface area (Å²) in [5, 5.41) is 27.0. The zero-order chi connectivity index (χ0) is 24.5. The van der Waals surface area contributed by atoms with Crippen molar-refractivity contribution in [3.63, 3.8) is 0 Å². The summed E-state index contributed by atoms with van der Waals surface area (Å²) in [4.78, 5) is 22.3. The molecule has 0 spiro atoms. The molecule has 0 aliphatic heterocycles. The Kier molecular flexibility index (Phi) is 5.67. The maximum atomic E-state index is 14.0. The number of hydrogen-bond donors (Lipinski definition) is 3. The van der Waals surface area contributed by atoms with E-state index in [0.29, 0.717) is 0 Å². The normalized spacial score (nSPS) is 11.3. The number of nitrogens with one attached hydrogen (secondary N) is 2. The van der Waals surface area contributed by atoms with E-state index >= 15 is 0 Å². The largest absolute Gasteiger partial charge is 0.417 e. The Hall–Kier alpha value is -4.81. The van der Waals surface area contributed by atoms with Crippen LogP contribution in [0, 0.1) is 10.1 Å². The quantitative estimate of drug-likeness (QED) is 0.286. The fourth-order valence-electron chi connectivity index (χ4n) is 3.61. The molecule has 172 valence electrons. The van der Waals surface area contributed by atoms with Crippen LogP contribution in [0.3, 0.4) is 0 Å². The second-order valence-corrected chi connectivity index (χ2v) is 7.00. The summed E-state index contributed by atoms with van der Waals surface area (Å²) >= 11 is 0. The van der Waals surface area contributed by atoms with Crippen LogP contribution in [0.2, 0.25) is 0 Å². The summed E-state index contributed by atoms with van der Waals surface area (Å²) in [6.45, 7) is 0. The molecule has 0 aliphatic rings. The van der Waals surface area contributed by atoms with Crippen LogP contribution in [0.1, 0.15) is 5.56 Å². The second-order valence-electron chi connectivity index (χ2n) is 7.00. The highest BCUT2D eigenvalue weighted by atomic mass is 19.4. The van der Waals surface area contributed by atoms with Crippen molar-refractivity contribution in [2.24, 2.45) is 5.73 Å². The number of carbonyl (C=O) groups excluding carboxylic acids is 1. The molecule has 10 nitrogen and oxygen atoms in total. The van der Waals surface area contributed by atoms with Crippen molar-refractivity contribution in [3.8, 4) is 33.6 Å². The molecule has 4 aromatic rings. The summed E-state index contributed by atoms with van der Waals surface area (Å²) in [6, 6.07) is 12.1. The van der Waals surface area contributed by atoms with Crippen LogP contribution in [0.15, 0.2) is 60.7 Å². The number of tetrazole rings is 1. The number of alkyl halides is 3. The lowest BCUT2D eigenvalue weighted by molar-refractivity contribution is -0.384. The van der Waals surface area contributed by atoms with Gasteiger partial charge in [0.1, 0.15) is 0 Å². The zero-order valence-corrected chi connectivity index (χ0v) is 17.0. The number of hydrogen-bond acceptors (Lipinski definition) is 6. The van der Waals surface area contributed by atoms with Gasteiger partial charge in [0.15, 0.2) is 5.82 Å². The number of benzene rings is 3. The minimum atomic E-state index is -4.74. The first-order valence-corrected chi connectivity index (χ1v) is 9.56. The Morgan fingerprint density at radius 3 is 2.44 bits per heavy atom. The molecule has 0 saturated heterocycles. The number of carbonyl (C=O) groups is 1. The maximum Gasteiger partial charge on any atom is 0.417 e. The van der Waals surface area contributed by atoms with E-state index in [4.69, 9.17) is 5.73 Å². The van der Waals surface area contributed by atoms with E-state index in [1.807, 2.05) is 0 Å². The Labute approximate surface area is 188 Å². The van der Waals surface area contributed by atoms with Crippen molar-refractivity contribution >= 4 is 17.4 Å². The summed E-state index contributed by atoms with van der Waals surface area (Å²) in [5.74, 6) is -0.0528. The number of nitro benzene ring substituents is 1. The monoisotopic (exact) mass is 469 g/mol. The van der Waals surface area contributed by atoms with E-state index in [0.717, 1.165) is 6.07 Å². The number of aromatic amines is 1. The van der Waals surface area contributed by atoms with Gasteiger partial charge in [-0.3, -0.25) is 10.1 Å². The van der Waals surface area contributed by atoms with Gasteiger partial charge in [0.05, 0.1) is 21.7 Å². The Balaban J connectivity index is 2.15. The van der Waals surface area contributed by atoms with Crippen LogP contribution in [0.25, 0.3) is 33.6 Å². The topological polar surface area (TPSA) is 153 Å². The van der Waals surface area contributed by atoms with Gasteiger partial charge < -0.3 is 11.1 Å². The van der Waals surface area contributed by atoms with Gasteiger partial charge in [-0.05, 0) is 39.2 Å². The minimum absolute atomic E-state index is 0.0155. The molecule has 1 aromatic heterocycles. The highest BCUT2D eigenvalue weighted by Gasteiger charge is 2.35. The zero-order valence-electron chi connectivity index (χ0n) is 17.0. The molecule has 13 heteroatoms. The van der Waals surface area contributed by atoms with Gasteiger partial charge in [-0.1, -0.05) is 36.4 Å². The van der Waals surface area contributed by atoms with Crippen LogP contribution in [-0.2, 0) is 6.18 Å². The molecule has 0 aliphatic carbocycles. The van der Waals surface area contributed by atoms with Gasteiger partial charge in [-0.15, -0.1) is 5.10 Å². The van der Waals surface area contributed by atoms with E-state index < -0.39 is 22.7 Å². The van der Waals surface area contributed by atoms with Gasteiger partial charge in [-0.25, -0.2) is 9.89 Å². The standard InChI is InChI=1S/C21H14F3N7O3/c22-21(23,24)15-7-2-1-6-14(15)17-13(11-4-3-5-12(10-11)31(33)34)8-9-16(26-20(25)32)18(17)19-27-29-30-28-19/h1-10H,(H3,25,26,32)(H,27,28,29,30). The van der Waals surface area contributed by atoms with Crippen molar-refractivity contribution in [1.82, 2.24) is 20.6 Å². The first kappa shape index (κ1) is 22.4. The predicted molar refractivity (Wildman–Crippen MR) is 115 cm³/mol. The molecule has 0 atom stereocenters. The van der Waals surface area contributed by atoms with Crippen molar-refractivity contribution in [2.75, 3.05) is 5.32 Å². The number of aromatic nitrogens is 4. The first-order valence-electron chi connectivity index (χ1n) is 9.56. The Morgan fingerprint density at radius 2 is 1.79 bits per heavy atom. The maximum absolute atomic E-state index is 14.0. The molecule has 0 radical (unpaired) electrons. The lowest BCUT2D eigenvalue weighted by Gasteiger charge is -2.21. The van der Waals surface area contributed by atoms with Crippen LogP contribution in [-0.4, -0.2) is 31.6 Å². The minimum Gasteiger partial charge on any atom is -0.351 e. The molecule has 0 bridgehead atoms. The molecule has 0 unspecified atom stereocenters. The van der Waals surface area contributed by atoms with E-state index in [9.17, 15) is 28.1 Å². The molecule has 0 fully saturated rings. The number of anilines is 1. The number of primary amides is 1. The molecule has 1 heterocycles. The van der Waals surface area contributed by atoms with Crippen molar-refractivity contribution in [2.45, 2.75) is 6.18 Å². The average Bonchev–Trinajstić information content (AvgIpc) is 3.32. The molecule has 2 amide bonds. The number of amides is 2. The van der Waals surface area contributed by atoms with Gasteiger partial charge in [-0.2, -0.15) is 13.2 Å². The van der Waals surface area contributed by atoms with E-state index in [1.54, 1.807) is 0 Å². The number of nitrogens with zero attached hydrogens (tertiary/aromatic N) is 4.